The number of rotatable bonds is 2. The second kappa shape index (κ2) is 5.73. The normalized spacial score (nSPS) is 37.0. The molecular weight excluding hydrogens is 302 g/mol. The summed E-state index contributed by atoms with van der Waals surface area (Å²) in [5.74, 6) is 0.953. The third-order valence-corrected chi connectivity index (χ3v) is 7.13. The Balaban J connectivity index is 1.56. The van der Waals surface area contributed by atoms with Crippen LogP contribution in [0.2, 0.25) is 11.6 Å². The van der Waals surface area contributed by atoms with Gasteiger partial charge in [-0.2, -0.15) is 0 Å². The lowest BCUT2D eigenvalue weighted by molar-refractivity contribution is 0.00578. The molecule has 1 aliphatic carbocycles. The zero-order chi connectivity index (χ0) is 18.0. The summed E-state index contributed by atoms with van der Waals surface area (Å²) in [6.45, 7) is 17.0. The van der Waals surface area contributed by atoms with Crippen molar-refractivity contribution in [2.24, 2.45) is 0 Å². The van der Waals surface area contributed by atoms with E-state index in [2.05, 4.69) is 55.4 Å². The molecule has 24 heavy (non-hydrogen) atoms. The predicted molar refractivity (Wildman–Crippen MR) is 98.1 cm³/mol. The third kappa shape index (κ3) is 3.08. The van der Waals surface area contributed by atoms with Gasteiger partial charge in [-0.15, -0.1) is 0 Å². The fourth-order valence-electron chi connectivity index (χ4n) is 3.85. The highest BCUT2D eigenvalue weighted by molar-refractivity contribution is 6.48. The highest BCUT2D eigenvalue weighted by Gasteiger charge is 2.56. The van der Waals surface area contributed by atoms with E-state index in [0.29, 0.717) is 11.6 Å². The Hall–Kier alpha value is -0.0301. The third-order valence-electron chi connectivity index (χ3n) is 7.13. The minimum absolute atomic E-state index is 0.0748. The molecule has 1 saturated carbocycles. The van der Waals surface area contributed by atoms with Crippen LogP contribution in [-0.2, 0) is 18.6 Å². The zero-order valence-corrected chi connectivity index (χ0v) is 16.8. The number of hydrogen-bond donors (Lipinski definition) is 0. The van der Waals surface area contributed by atoms with Crippen molar-refractivity contribution in [3.8, 4) is 0 Å². The molecule has 0 aromatic rings. The zero-order valence-electron chi connectivity index (χ0n) is 16.8. The van der Waals surface area contributed by atoms with Crippen LogP contribution in [0.1, 0.15) is 81.1 Å². The van der Waals surface area contributed by atoms with Gasteiger partial charge in [-0.1, -0.05) is 25.7 Å². The van der Waals surface area contributed by atoms with Crippen molar-refractivity contribution >= 4 is 14.2 Å². The fourth-order valence-corrected chi connectivity index (χ4v) is 3.85. The first-order chi connectivity index (χ1) is 10.8. The highest BCUT2D eigenvalue weighted by Crippen LogP contribution is 2.49. The van der Waals surface area contributed by atoms with Gasteiger partial charge in [0.15, 0.2) is 0 Å². The van der Waals surface area contributed by atoms with Gasteiger partial charge in [-0.25, -0.2) is 0 Å². The van der Waals surface area contributed by atoms with Crippen molar-refractivity contribution in [2.75, 3.05) is 0 Å². The Bertz CT molecular complexity index is 405. The molecule has 0 unspecified atom stereocenters. The summed E-state index contributed by atoms with van der Waals surface area (Å²) in [7, 11) is -0.150. The standard InChI is InChI=1S/C18H34B2O4/c1-15(2)16(3,4)22-19(21-15)13-9-11-14(12-10-13)20-23-17(5,6)18(7,8)24-20/h13-14H,9-12H2,1-8H3/t13-,14+. The van der Waals surface area contributed by atoms with Crippen LogP contribution in [0.3, 0.4) is 0 Å². The molecule has 0 aromatic heterocycles. The van der Waals surface area contributed by atoms with E-state index in [1.807, 2.05) is 0 Å². The first-order valence-corrected chi connectivity index (χ1v) is 9.56. The van der Waals surface area contributed by atoms with Crippen molar-refractivity contribution in [1.82, 2.24) is 0 Å². The van der Waals surface area contributed by atoms with Gasteiger partial charge >= 0.3 is 14.2 Å². The van der Waals surface area contributed by atoms with Crippen molar-refractivity contribution < 1.29 is 18.6 Å². The van der Waals surface area contributed by atoms with Crippen LogP contribution in [0.15, 0.2) is 0 Å². The van der Waals surface area contributed by atoms with Crippen LogP contribution in [-0.4, -0.2) is 36.6 Å². The quantitative estimate of drug-likeness (QED) is 0.697. The molecule has 0 bridgehead atoms. The molecule has 0 aromatic carbocycles. The van der Waals surface area contributed by atoms with E-state index in [4.69, 9.17) is 18.6 Å². The molecule has 0 atom stereocenters. The molecule has 4 nitrogen and oxygen atoms in total. The molecule has 6 heteroatoms. The van der Waals surface area contributed by atoms with Gasteiger partial charge in [0, 0.05) is 0 Å². The van der Waals surface area contributed by atoms with Gasteiger partial charge in [0.05, 0.1) is 22.4 Å². The molecule has 3 rings (SSSR count). The molecule has 2 aliphatic heterocycles. The van der Waals surface area contributed by atoms with E-state index < -0.39 is 0 Å². The smallest absolute Gasteiger partial charge is 0.403 e. The molecule has 2 saturated heterocycles. The maximum Gasteiger partial charge on any atom is 0.461 e. The second-order valence-corrected chi connectivity index (χ2v) is 9.92. The summed E-state index contributed by atoms with van der Waals surface area (Å²) in [6, 6.07) is 0. The maximum absolute atomic E-state index is 6.25. The average Bonchev–Trinajstić information content (AvgIpc) is 2.79. The molecule has 0 N–H and O–H groups in total. The SMILES string of the molecule is CC1(C)OB([C@H]2CC[C@@H](B3OC(C)(C)C(C)(C)O3)CC2)OC1(C)C. The lowest BCUT2D eigenvalue weighted by Gasteiger charge is -2.32. The summed E-state index contributed by atoms with van der Waals surface area (Å²) in [4.78, 5) is 0. The summed E-state index contributed by atoms with van der Waals surface area (Å²) in [5, 5.41) is 0. The van der Waals surface area contributed by atoms with E-state index in [1.165, 1.54) is 0 Å². The van der Waals surface area contributed by atoms with Crippen LogP contribution in [0.25, 0.3) is 0 Å². The second-order valence-electron chi connectivity index (χ2n) is 9.92. The summed E-state index contributed by atoms with van der Waals surface area (Å²) >= 11 is 0. The van der Waals surface area contributed by atoms with Crippen LogP contribution in [0.5, 0.6) is 0 Å². The molecule has 0 radical (unpaired) electrons. The van der Waals surface area contributed by atoms with E-state index >= 15 is 0 Å². The number of hydrogen-bond acceptors (Lipinski definition) is 4. The molecule has 3 aliphatic rings. The lowest BCUT2D eigenvalue weighted by atomic mass is 9.56. The van der Waals surface area contributed by atoms with Crippen molar-refractivity contribution in [3.05, 3.63) is 0 Å². The van der Waals surface area contributed by atoms with Gasteiger partial charge in [-0.3, -0.25) is 0 Å². The Labute approximate surface area is 148 Å². The summed E-state index contributed by atoms with van der Waals surface area (Å²) in [6.07, 6.45) is 4.47. The Morgan fingerprint density at radius 1 is 0.500 bits per heavy atom. The molecular formula is C18H34B2O4. The average molecular weight is 336 g/mol. The molecule has 2 heterocycles. The minimum atomic E-state index is -0.236. The largest absolute Gasteiger partial charge is 0.461 e. The first-order valence-electron chi connectivity index (χ1n) is 9.56. The Morgan fingerprint density at radius 3 is 0.917 bits per heavy atom. The van der Waals surface area contributed by atoms with Gasteiger partial charge < -0.3 is 18.6 Å². The Kier molecular flexibility index (Phi) is 4.48. The van der Waals surface area contributed by atoms with Gasteiger partial charge in [0.25, 0.3) is 0 Å². The topological polar surface area (TPSA) is 36.9 Å². The lowest BCUT2D eigenvalue weighted by Crippen LogP contribution is -2.41. The van der Waals surface area contributed by atoms with Gasteiger partial charge in [0.1, 0.15) is 0 Å². The first kappa shape index (κ1) is 18.8. The summed E-state index contributed by atoms with van der Waals surface area (Å²) in [5.41, 5.74) is -0.943. The van der Waals surface area contributed by atoms with Crippen LogP contribution >= 0.6 is 0 Å². The fraction of sp³-hybridized carbons (Fsp3) is 1.00. The van der Waals surface area contributed by atoms with Crippen molar-refractivity contribution in [1.29, 1.82) is 0 Å². The highest BCUT2D eigenvalue weighted by atomic mass is 16.7. The van der Waals surface area contributed by atoms with E-state index in [9.17, 15) is 0 Å². The van der Waals surface area contributed by atoms with Gasteiger partial charge in [-0.05, 0) is 67.0 Å². The minimum Gasteiger partial charge on any atom is -0.403 e. The predicted octanol–water partition coefficient (Wildman–Crippen LogP) is 4.49. The van der Waals surface area contributed by atoms with E-state index in [0.717, 1.165) is 25.7 Å². The van der Waals surface area contributed by atoms with E-state index in [1.54, 1.807) is 0 Å². The van der Waals surface area contributed by atoms with E-state index in [-0.39, 0.29) is 36.6 Å². The summed E-state index contributed by atoms with van der Waals surface area (Å²) < 4.78 is 25.0. The molecule has 0 spiro atoms. The molecule has 3 fully saturated rings. The van der Waals surface area contributed by atoms with Crippen LogP contribution in [0, 0.1) is 0 Å². The Morgan fingerprint density at radius 2 is 0.708 bits per heavy atom. The molecule has 136 valence electrons. The molecule has 0 amide bonds. The van der Waals surface area contributed by atoms with Gasteiger partial charge in [0.2, 0.25) is 0 Å². The monoisotopic (exact) mass is 336 g/mol. The van der Waals surface area contributed by atoms with Crippen LogP contribution in [0.4, 0.5) is 0 Å². The van der Waals surface area contributed by atoms with Crippen LogP contribution < -0.4 is 0 Å². The van der Waals surface area contributed by atoms with Crippen molar-refractivity contribution in [2.45, 2.75) is 115 Å². The van der Waals surface area contributed by atoms with Crippen molar-refractivity contribution in [3.63, 3.8) is 0 Å². The maximum atomic E-state index is 6.25.